The van der Waals surface area contributed by atoms with Gasteiger partial charge in [-0.25, -0.2) is 14.0 Å². The van der Waals surface area contributed by atoms with Crippen molar-refractivity contribution in [2.45, 2.75) is 65.7 Å². The standard InChI is InChI=1S/C27H35FN2O6/c1-7-35-23(32)20-15-30(22(31)14-19(20)18-10-8-9-11-21(18)28)17-27(34)12-13-29(16-26(27,5)6)24(33)36-25(2,3)4/h8-11,14-15,34H,7,12-13,16-17H2,1-6H3/t27-/m1/s1. The lowest BCUT2D eigenvalue weighted by Gasteiger charge is -2.50. The fourth-order valence-electron chi connectivity index (χ4n) is 4.39. The maximum atomic E-state index is 14.5. The average Bonchev–Trinajstić information content (AvgIpc) is 2.76. The van der Waals surface area contributed by atoms with E-state index in [-0.39, 0.29) is 49.4 Å². The lowest BCUT2D eigenvalue weighted by molar-refractivity contribution is -0.126. The van der Waals surface area contributed by atoms with Crippen molar-refractivity contribution in [3.05, 3.63) is 58.3 Å². The van der Waals surface area contributed by atoms with Gasteiger partial charge in [-0.3, -0.25) is 4.79 Å². The summed E-state index contributed by atoms with van der Waals surface area (Å²) in [5, 5.41) is 11.7. The summed E-state index contributed by atoms with van der Waals surface area (Å²) in [6, 6.07) is 7.06. The highest BCUT2D eigenvalue weighted by atomic mass is 19.1. The van der Waals surface area contributed by atoms with Crippen LogP contribution in [-0.2, 0) is 16.0 Å². The normalized spacial score (nSPS) is 19.6. The predicted octanol–water partition coefficient (Wildman–Crippen LogP) is 4.23. The largest absolute Gasteiger partial charge is 0.462 e. The second-order valence-electron chi connectivity index (χ2n) is 10.8. The Morgan fingerprint density at radius 3 is 2.42 bits per heavy atom. The van der Waals surface area contributed by atoms with Crippen molar-refractivity contribution in [1.29, 1.82) is 0 Å². The molecule has 2 aromatic rings. The third-order valence-electron chi connectivity index (χ3n) is 6.51. The number of rotatable bonds is 5. The number of pyridine rings is 1. The molecule has 1 N–H and O–H groups in total. The average molecular weight is 503 g/mol. The predicted molar refractivity (Wildman–Crippen MR) is 133 cm³/mol. The van der Waals surface area contributed by atoms with E-state index in [1.165, 1.54) is 35.0 Å². The summed E-state index contributed by atoms with van der Waals surface area (Å²) in [4.78, 5) is 40.0. The van der Waals surface area contributed by atoms with Crippen LogP contribution < -0.4 is 5.56 Å². The number of halogens is 1. The minimum absolute atomic E-state index is 0.0224. The van der Waals surface area contributed by atoms with Crippen LogP contribution in [0.3, 0.4) is 0 Å². The zero-order chi connectivity index (χ0) is 26.9. The lowest BCUT2D eigenvalue weighted by atomic mass is 9.70. The molecule has 0 saturated carbocycles. The van der Waals surface area contributed by atoms with E-state index in [2.05, 4.69) is 0 Å². The molecule has 0 unspecified atom stereocenters. The first-order chi connectivity index (χ1) is 16.7. The molecule has 9 heteroatoms. The van der Waals surface area contributed by atoms with E-state index in [0.717, 1.165) is 0 Å². The number of amides is 1. The summed E-state index contributed by atoms with van der Waals surface area (Å²) in [6.45, 7) is 11.1. The van der Waals surface area contributed by atoms with Crippen molar-refractivity contribution < 1.29 is 28.6 Å². The number of esters is 1. The van der Waals surface area contributed by atoms with Crippen LogP contribution in [0.25, 0.3) is 11.1 Å². The molecule has 0 bridgehead atoms. The molecule has 3 rings (SSSR count). The molecule has 196 valence electrons. The smallest absolute Gasteiger partial charge is 0.410 e. The number of likely N-dealkylation sites (tertiary alicyclic amines) is 1. The molecular formula is C27H35FN2O6. The van der Waals surface area contributed by atoms with Crippen molar-refractivity contribution >= 4 is 12.1 Å². The number of carbonyl (C=O) groups is 2. The summed E-state index contributed by atoms with van der Waals surface area (Å²) in [5.74, 6) is -1.27. The van der Waals surface area contributed by atoms with Crippen LogP contribution in [0.2, 0.25) is 0 Å². The van der Waals surface area contributed by atoms with Crippen LogP contribution in [-0.4, -0.2) is 57.5 Å². The van der Waals surface area contributed by atoms with Crippen molar-refractivity contribution in [3.8, 4) is 11.1 Å². The molecule has 1 aliphatic heterocycles. The molecule has 0 spiro atoms. The first-order valence-corrected chi connectivity index (χ1v) is 12.0. The number of aromatic nitrogens is 1. The molecule has 1 atom stereocenters. The molecule has 1 saturated heterocycles. The van der Waals surface area contributed by atoms with Crippen LogP contribution >= 0.6 is 0 Å². The maximum absolute atomic E-state index is 14.5. The molecule has 0 aliphatic carbocycles. The molecule has 1 aliphatic rings. The molecule has 0 radical (unpaired) electrons. The quantitative estimate of drug-likeness (QED) is 0.615. The van der Waals surface area contributed by atoms with Crippen LogP contribution in [0.4, 0.5) is 9.18 Å². The highest BCUT2D eigenvalue weighted by Gasteiger charge is 2.49. The second-order valence-corrected chi connectivity index (χ2v) is 10.8. The van der Waals surface area contributed by atoms with Gasteiger partial charge >= 0.3 is 12.1 Å². The Bertz CT molecular complexity index is 1200. The maximum Gasteiger partial charge on any atom is 0.410 e. The number of aliphatic hydroxyl groups is 1. The van der Waals surface area contributed by atoms with E-state index in [4.69, 9.17) is 9.47 Å². The van der Waals surface area contributed by atoms with Gasteiger partial charge in [-0.15, -0.1) is 0 Å². The van der Waals surface area contributed by atoms with Gasteiger partial charge in [0.05, 0.1) is 24.3 Å². The highest BCUT2D eigenvalue weighted by Crippen LogP contribution is 2.40. The van der Waals surface area contributed by atoms with Crippen LogP contribution in [0.5, 0.6) is 0 Å². The summed E-state index contributed by atoms with van der Waals surface area (Å²) in [6.07, 6.45) is 1.04. The first kappa shape index (κ1) is 27.4. The van der Waals surface area contributed by atoms with Gasteiger partial charge in [0.25, 0.3) is 5.56 Å². The van der Waals surface area contributed by atoms with E-state index in [1.54, 1.807) is 38.7 Å². The topological polar surface area (TPSA) is 98.1 Å². The Morgan fingerprint density at radius 1 is 1.17 bits per heavy atom. The van der Waals surface area contributed by atoms with E-state index < -0.39 is 40.1 Å². The van der Waals surface area contributed by atoms with Gasteiger partial charge in [0.15, 0.2) is 0 Å². The van der Waals surface area contributed by atoms with Gasteiger partial charge in [0.2, 0.25) is 0 Å². The van der Waals surface area contributed by atoms with E-state index in [9.17, 15) is 23.9 Å². The van der Waals surface area contributed by atoms with Gasteiger partial charge < -0.3 is 24.0 Å². The second kappa shape index (κ2) is 10.0. The SMILES string of the molecule is CCOC(=O)c1cn(C[C@]2(O)CCN(C(=O)OC(C)(C)C)CC2(C)C)c(=O)cc1-c1ccccc1F. The first-order valence-electron chi connectivity index (χ1n) is 12.0. The van der Waals surface area contributed by atoms with Crippen LogP contribution in [0, 0.1) is 11.2 Å². The molecule has 8 nitrogen and oxygen atoms in total. The number of benzene rings is 1. The Kier molecular flexibility index (Phi) is 7.64. The van der Waals surface area contributed by atoms with Gasteiger partial charge in [-0.2, -0.15) is 0 Å². The zero-order valence-corrected chi connectivity index (χ0v) is 21.8. The molecule has 1 aromatic carbocycles. The minimum Gasteiger partial charge on any atom is -0.462 e. The highest BCUT2D eigenvalue weighted by molar-refractivity contribution is 5.97. The molecular weight excluding hydrogens is 467 g/mol. The van der Waals surface area contributed by atoms with Gasteiger partial charge in [0.1, 0.15) is 11.4 Å². The van der Waals surface area contributed by atoms with E-state index >= 15 is 0 Å². The van der Waals surface area contributed by atoms with Gasteiger partial charge in [0, 0.05) is 41.9 Å². The molecule has 1 fully saturated rings. The Balaban J connectivity index is 1.96. The monoisotopic (exact) mass is 502 g/mol. The number of hydrogen-bond acceptors (Lipinski definition) is 6. The Labute approximate surface area is 210 Å². The number of nitrogens with zero attached hydrogens (tertiary/aromatic N) is 2. The van der Waals surface area contributed by atoms with Crippen molar-refractivity contribution in [2.24, 2.45) is 5.41 Å². The molecule has 2 heterocycles. The van der Waals surface area contributed by atoms with Crippen LogP contribution in [0.1, 0.15) is 58.3 Å². The van der Waals surface area contributed by atoms with Gasteiger partial charge in [-0.1, -0.05) is 32.0 Å². The minimum atomic E-state index is -1.37. The third-order valence-corrected chi connectivity index (χ3v) is 6.51. The van der Waals surface area contributed by atoms with Crippen molar-refractivity contribution in [1.82, 2.24) is 9.47 Å². The van der Waals surface area contributed by atoms with Gasteiger partial charge in [-0.05, 0) is 40.2 Å². The fraction of sp³-hybridized carbons (Fsp3) is 0.519. The van der Waals surface area contributed by atoms with E-state index in [0.29, 0.717) is 0 Å². The molecule has 1 amide bonds. The lowest BCUT2D eigenvalue weighted by Crippen LogP contribution is -2.61. The number of piperidine rings is 1. The number of hydrogen-bond donors (Lipinski definition) is 1. The Morgan fingerprint density at radius 2 is 1.83 bits per heavy atom. The third kappa shape index (κ3) is 5.78. The molecule has 1 aromatic heterocycles. The van der Waals surface area contributed by atoms with Crippen LogP contribution in [0.15, 0.2) is 41.3 Å². The fourth-order valence-corrected chi connectivity index (χ4v) is 4.39. The van der Waals surface area contributed by atoms with Crippen molar-refractivity contribution in [2.75, 3.05) is 19.7 Å². The number of ether oxygens (including phenoxy) is 2. The summed E-state index contributed by atoms with van der Waals surface area (Å²) in [5.41, 5.74) is -3.08. The zero-order valence-electron chi connectivity index (χ0n) is 21.8. The summed E-state index contributed by atoms with van der Waals surface area (Å²) in [7, 11) is 0. The van der Waals surface area contributed by atoms with E-state index in [1.807, 2.05) is 13.8 Å². The summed E-state index contributed by atoms with van der Waals surface area (Å²) < 4.78 is 26.4. The number of carbonyl (C=O) groups excluding carboxylic acids is 2. The van der Waals surface area contributed by atoms with Crippen molar-refractivity contribution in [3.63, 3.8) is 0 Å². The summed E-state index contributed by atoms with van der Waals surface area (Å²) >= 11 is 0. The molecule has 36 heavy (non-hydrogen) atoms. The Hall–Kier alpha value is -3.20.